The number of imidazole rings is 1. The average Bonchev–Trinajstić information content (AvgIpc) is 2.66. The summed E-state index contributed by atoms with van der Waals surface area (Å²) in [5, 5.41) is 0. The van der Waals surface area contributed by atoms with E-state index >= 15 is 0 Å². The first-order valence-electron chi connectivity index (χ1n) is 6.78. The lowest BCUT2D eigenvalue weighted by atomic mass is 9.96. The fourth-order valence-corrected chi connectivity index (χ4v) is 2.33. The van der Waals surface area contributed by atoms with Crippen molar-refractivity contribution < 1.29 is 0 Å². The second-order valence-electron chi connectivity index (χ2n) is 5.45. The van der Waals surface area contributed by atoms with E-state index in [1.807, 2.05) is 7.05 Å². The van der Waals surface area contributed by atoms with Gasteiger partial charge in [-0.05, 0) is 37.0 Å². The van der Waals surface area contributed by atoms with Crippen molar-refractivity contribution in [2.45, 2.75) is 40.2 Å². The van der Waals surface area contributed by atoms with Crippen molar-refractivity contribution in [3.63, 3.8) is 0 Å². The van der Waals surface area contributed by atoms with Gasteiger partial charge in [-0.15, -0.1) is 0 Å². The highest BCUT2D eigenvalue weighted by molar-refractivity contribution is 5.67. The zero-order valence-electron chi connectivity index (χ0n) is 12.5. The van der Waals surface area contributed by atoms with E-state index in [-0.39, 0.29) is 0 Å². The fraction of sp³-hybridized carbons (Fsp3) is 0.438. The Morgan fingerprint density at radius 2 is 1.95 bits per heavy atom. The molecule has 0 aliphatic heterocycles. The topological polar surface area (TPSA) is 43.8 Å². The first kappa shape index (κ1) is 13.8. The molecule has 0 spiro atoms. The van der Waals surface area contributed by atoms with Gasteiger partial charge in [-0.3, -0.25) is 0 Å². The van der Waals surface area contributed by atoms with E-state index in [2.05, 4.69) is 50.5 Å². The Kier molecular flexibility index (Phi) is 3.76. The van der Waals surface area contributed by atoms with Crippen molar-refractivity contribution in [3.8, 4) is 11.3 Å². The van der Waals surface area contributed by atoms with Gasteiger partial charge in [0.15, 0.2) is 0 Å². The second kappa shape index (κ2) is 5.17. The summed E-state index contributed by atoms with van der Waals surface area (Å²) in [6, 6.07) is 6.64. The Balaban J connectivity index is 2.61. The third-order valence-corrected chi connectivity index (χ3v) is 3.84. The van der Waals surface area contributed by atoms with Crippen LogP contribution in [0.3, 0.4) is 0 Å². The molecule has 0 fully saturated rings. The van der Waals surface area contributed by atoms with E-state index in [0.29, 0.717) is 12.5 Å². The molecule has 2 aromatic rings. The SMILES string of the molecule is Cc1ccc(C(C)C)cc1-c1nc(CN)n(C)c1C. The van der Waals surface area contributed by atoms with Gasteiger partial charge >= 0.3 is 0 Å². The molecular weight excluding hydrogens is 234 g/mol. The highest BCUT2D eigenvalue weighted by Crippen LogP contribution is 2.29. The summed E-state index contributed by atoms with van der Waals surface area (Å²) < 4.78 is 2.08. The van der Waals surface area contributed by atoms with Crippen LogP contribution in [0.2, 0.25) is 0 Å². The number of nitrogens with two attached hydrogens (primary N) is 1. The predicted octanol–water partition coefficient (Wildman–Crippen LogP) is 3.29. The zero-order chi connectivity index (χ0) is 14.2. The lowest BCUT2D eigenvalue weighted by Gasteiger charge is -2.10. The molecule has 0 radical (unpaired) electrons. The second-order valence-corrected chi connectivity index (χ2v) is 5.45. The minimum absolute atomic E-state index is 0.472. The van der Waals surface area contributed by atoms with Gasteiger partial charge in [0.1, 0.15) is 5.82 Å². The summed E-state index contributed by atoms with van der Waals surface area (Å²) in [6.07, 6.45) is 0. The summed E-state index contributed by atoms with van der Waals surface area (Å²) in [6.45, 7) is 9.13. The fourth-order valence-electron chi connectivity index (χ4n) is 2.33. The number of rotatable bonds is 3. The van der Waals surface area contributed by atoms with Crippen LogP contribution >= 0.6 is 0 Å². The Labute approximate surface area is 115 Å². The summed E-state index contributed by atoms with van der Waals surface area (Å²) in [7, 11) is 2.02. The quantitative estimate of drug-likeness (QED) is 0.917. The molecule has 1 heterocycles. The van der Waals surface area contributed by atoms with Crippen LogP contribution in [0, 0.1) is 13.8 Å². The van der Waals surface area contributed by atoms with Gasteiger partial charge < -0.3 is 10.3 Å². The van der Waals surface area contributed by atoms with Crippen LogP contribution in [-0.2, 0) is 13.6 Å². The number of hydrogen-bond acceptors (Lipinski definition) is 2. The van der Waals surface area contributed by atoms with Crippen molar-refractivity contribution in [2.75, 3.05) is 0 Å². The van der Waals surface area contributed by atoms with Crippen molar-refractivity contribution >= 4 is 0 Å². The predicted molar refractivity (Wildman–Crippen MR) is 80.1 cm³/mol. The molecule has 3 heteroatoms. The largest absolute Gasteiger partial charge is 0.334 e. The van der Waals surface area contributed by atoms with Gasteiger partial charge in [-0.25, -0.2) is 4.98 Å². The number of hydrogen-bond donors (Lipinski definition) is 1. The van der Waals surface area contributed by atoms with Gasteiger partial charge in [0.05, 0.1) is 12.2 Å². The highest BCUT2D eigenvalue weighted by Gasteiger charge is 2.14. The molecule has 0 saturated carbocycles. The summed E-state index contributed by atoms with van der Waals surface area (Å²) in [5.74, 6) is 1.46. The van der Waals surface area contributed by atoms with E-state index in [0.717, 1.165) is 11.5 Å². The minimum atomic E-state index is 0.472. The van der Waals surface area contributed by atoms with Gasteiger partial charge in [-0.2, -0.15) is 0 Å². The summed E-state index contributed by atoms with van der Waals surface area (Å²) in [5.41, 5.74) is 11.8. The average molecular weight is 257 g/mol. The molecule has 102 valence electrons. The number of benzene rings is 1. The van der Waals surface area contributed by atoms with Crippen LogP contribution in [0.4, 0.5) is 0 Å². The summed E-state index contributed by atoms with van der Waals surface area (Å²) >= 11 is 0. The van der Waals surface area contributed by atoms with Gasteiger partial charge in [0.25, 0.3) is 0 Å². The molecule has 0 unspecified atom stereocenters. The molecule has 0 amide bonds. The zero-order valence-corrected chi connectivity index (χ0v) is 12.5. The lowest BCUT2D eigenvalue weighted by molar-refractivity contribution is 0.774. The Hall–Kier alpha value is -1.61. The van der Waals surface area contributed by atoms with E-state index in [1.54, 1.807) is 0 Å². The van der Waals surface area contributed by atoms with Crippen molar-refractivity contribution in [1.82, 2.24) is 9.55 Å². The maximum Gasteiger partial charge on any atom is 0.123 e. The molecule has 2 rings (SSSR count). The van der Waals surface area contributed by atoms with E-state index in [4.69, 9.17) is 10.7 Å². The summed E-state index contributed by atoms with van der Waals surface area (Å²) in [4.78, 5) is 4.70. The first-order valence-corrected chi connectivity index (χ1v) is 6.78. The minimum Gasteiger partial charge on any atom is -0.334 e. The Morgan fingerprint density at radius 3 is 2.47 bits per heavy atom. The molecule has 0 atom stereocenters. The normalized spacial score (nSPS) is 11.3. The van der Waals surface area contributed by atoms with Crippen LogP contribution in [0.15, 0.2) is 18.2 Å². The molecule has 2 N–H and O–H groups in total. The number of aryl methyl sites for hydroxylation is 1. The molecule has 0 bridgehead atoms. The third kappa shape index (κ3) is 2.43. The van der Waals surface area contributed by atoms with E-state index in [1.165, 1.54) is 22.4 Å². The molecule has 0 aliphatic rings. The smallest absolute Gasteiger partial charge is 0.123 e. The van der Waals surface area contributed by atoms with Crippen LogP contribution < -0.4 is 5.73 Å². The standard InChI is InChI=1S/C16H23N3/c1-10(2)13-7-6-11(3)14(8-13)16-12(4)19(5)15(9-17)18-16/h6-8,10H,9,17H2,1-5H3. The van der Waals surface area contributed by atoms with Crippen LogP contribution in [-0.4, -0.2) is 9.55 Å². The van der Waals surface area contributed by atoms with Gasteiger partial charge in [-0.1, -0.05) is 26.0 Å². The van der Waals surface area contributed by atoms with Gasteiger partial charge in [0.2, 0.25) is 0 Å². The van der Waals surface area contributed by atoms with Crippen LogP contribution in [0.1, 0.15) is 42.4 Å². The molecule has 1 aromatic carbocycles. The molecule has 19 heavy (non-hydrogen) atoms. The Bertz CT molecular complexity index is 594. The van der Waals surface area contributed by atoms with E-state index < -0.39 is 0 Å². The molecule has 3 nitrogen and oxygen atoms in total. The highest BCUT2D eigenvalue weighted by atomic mass is 15.1. The maximum absolute atomic E-state index is 5.74. The molecular formula is C16H23N3. The molecule has 0 aliphatic carbocycles. The lowest BCUT2D eigenvalue weighted by Crippen LogP contribution is -2.05. The number of aromatic nitrogens is 2. The van der Waals surface area contributed by atoms with Crippen molar-refractivity contribution in [3.05, 3.63) is 40.8 Å². The monoisotopic (exact) mass is 257 g/mol. The first-order chi connectivity index (χ1) is 8.95. The van der Waals surface area contributed by atoms with Gasteiger partial charge in [0, 0.05) is 18.3 Å². The van der Waals surface area contributed by atoms with Crippen LogP contribution in [0.5, 0.6) is 0 Å². The number of nitrogens with zero attached hydrogens (tertiary/aromatic N) is 2. The molecule has 1 aromatic heterocycles. The maximum atomic E-state index is 5.74. The van der Waals surface area contributed by atoms with Crippen molar-refractivity contribution in [1.29, 1.82) is 0 Å². The Morgan fingerprint density at radius 1 is 1.26 bits per heavy atom. The molecule has 0 saturated heterocycles. The van der Waals surface area contributed by atoms with E-state index in [9.17, 15) is 0 Å². The third-order valence-electron chi connectivity index (χ3n) is 3.84. The van der Waals surface area contributed by atoms with Crippen LogP contribution in [0.25, 0.3) is 11.3 Å². The van der Waals surface area contributed by atoms with Crippen molar-refractivity contribution in [2.24, 2.45) is 12.8 Å².